The van der Waals surface area contributed by atoms with Gasteiger partial charge in [0.1, 0.15) is 0 Å². The molecule has 2 heteroatoms. The largest absolute Gasteiger partial charge is 0.310 e. The van der Waals surface area contributed by atoms with Crippen molar-refractivity contribution in [2.75, 3.05) is 9.80 Å². The van der Waals surface area contributed by atoms with E-state index in [-0.39, 0.29) is 0 Å². The van der Waals surface area contributed by atoms with Crippen molar-refractivity contribution in [2.24, 2.45) is 0 Å². The number of allylic oxidation sites excluding steroid dienone is 8. The number of nitrogens with zero attached hydrogens (tertiary/aromatic N) is 2. The average Bonchev–Trinajstić information content (AvgIpc) is 3.64. The van der Waals surface area contributed by atoms with Gasteiger partial charge in [0, 0.05) is 34.1 Å². The molecule has 0 amide bonds. The van der Waals surface area contributed by atoms with Gasteiger partial charge in [-0.2, -0.15) is 0 Å². The van der Waals surface area contributed by atoms with Crippen LogP contribution in [0.5, 0.6) is 0 Å². The molecule has 362 valence electrons. The third kappa shape index (κ3) is 9.16. The maximum atomic E-state index is 2.47. The highest BCUT2D eigenvalue weighted by molar-refractivity contribution is 6.20. The number of anilines is 6. The summed E-state index contributed by atoms with van der Waals surface area (Å²) >= 11 is 0. The third-order valence-electron chi connectivity index (χ3n) is 15.3. The Morgan fingerprint density at radius 1 is 0.237 bits per heavy atom. The van der Waals surface area contributed by atoms with Crippen molar-refractivity contribution in [1.82, 2.24) is 0 Å². The van der Waals surface area contributed by atoms with Gasteiger partial charge >= 0.3 is 0 Å². The lowest BCUT2D eigenvalue weighted by atomic mass is 9.81. The van der Waals surface area contributed by atoms with Crippen LogP contribution in [0.2, 0.25) is 0 Å². The van der Waals surface area contributed by atoms with Crippen molar-refractivity contribution in [2.45, 2.75) is 25.7 Å². The second-order valence-electron chi connectivity index (χ2n) is 19.9. The molecule has 0 saturated heterocycles. The van der Waals surface area contributed by atoms with Gasteiger partial charge in [-0.15, -0.1) is 0 Å². The van der Waals surface area contributed by atoms with Crippen LogP contribution in [0, 0.1) is 0 Å². The van der Waals surface area contributed by atoms with Crippen LogP contribution in [0.4, 0.5) is 34.1 Å². The van der Waals surface area contributed by atoms with Gasteiger partial charge in [-0.25, -0.2) is 0 Å². The monoisotopic (exact) mass is 972 g/mol. The summed E-state index contributed by atoms with van der Waals surface area (Å²) in [5.41, 5.74) is 21.8. The van der Waals surface area contributed by atoms with Gasteiger partial charge in [-0.1, -0.05) is 218 Å². The number of fused-ring (bicyclic) bond motifs is 2. The van der Waals surface area contributed by atoms with E-state index in [0.29, 0.717) is 0 Å². The Morgan fingerprint density at radius 2 is 0.579 bits per heavy atom. The summed E-state index contributed by atoms with van der Waals surface area (Å²) in [6.45, 7) is 0. The standard InChI is InChI=1S/C74H56N2/c1-7-19-53(20-8-1)57-31-35-61(36-32-57)73-69-49-47-68(76(64-29-17-6-18-30-64)66-45-41-60(42-46-66)56-25-13-4-14-26-56)52-72(69)74(62-37-33-58(34-38-62)54-21-9-2-10-22-54)70-50-48-67(51-71(70)73)75(63-27-15-5-16-28-63)65-43-39-59(40-44-65)55-23-11-3-12-24-55/h1-9,11-21,23-33,35-37,39-52H,10,22,34,38H2. The summed E-state index contributed by atoms with van der Waals surface area (Å²) in [6, 6.07) is 95.3. The zero-order valence-electron chi connectivity index (χ0n) is 42.4. The first-order chi connectivity index (χ1) is 37.7. The lowest BCUT2D eigenvalue weighted by Crippen LogP contribution is -2.10. The Bertz CT molecular complexity index is 3970. The van der Waals surface area contributed by atoms with Crippen molar-refractivity contribution in [3.05, 3.63) is 308 Å². The van der Waals surface area contributed by atoms with Crippen molar-refractivity contribution < 1.29 is 0 Å². The minimum absolute atomic E-state index is 0.946. The Morgan fingerprint density at radius 3 is 1.01 bits per heavy atom. The van der Waals surface area contributed by atoms with Crippen LogP contribution < -0.4 is 9.80 Å². The summed E-state index contributed by atoms with van der Waals surface area (Å²) < 4.78 is 0. The highest BCUT2D eigenvalue weighted by Gasteiger charge is 2.24. The molecule has 13 rings (SSSR count). The molecule has 0 aliphatic heterocycles. The molecule has 2 aliphatic carbocycles. The zero-order chi connectivity index (χ0) is 50.6. The second kappa shape index (κ2) is 20.8. The summed E-state index contributed by atoms with van der Waals surface area (Å²) in [5, 5.41) is 4.91. The quantitative estimate of drug-likeness (QED) is 0.113. The highest BCUT2D eigenvalue weighted by Crippen LogP contribution is 2.49. The molecular formula is C74H56N2. The number of rotatable bonds is 12. The molecule has 0 spiro atoms. The van der Waals surface area contributed by atoms with Crippen LogP contribution in [-0.4, -0.2) is 0 Å². The lowest BCUT2D eigenvalue weighted by Gasteiger charge is -2.29. The third-order valence-corrected chi connectivity index (χ3v) is 15.3. The van der Waals surface area contributed by atoms with E-state index in [0.717, 1.165) is 59.8 Å². The summed E-state index contributed by atoms with van der Waals surface area (Å²) in [5.74, 6) is 0. The van der Waals surface area contributed by atoms with Crippen LogP contribution >= 0.6 is 0 Å². The number of hydrogen-bond donors (Lipinski definition) is 0. The predicted octanol–water partition coefficient (Wildman–Crippen LogP) is 21.0. The molecule has 0 fully saturated rings. The molecule has 0 unspecified atom stereocenters. The van der Waals surface area contributed by atoms with E-state index < -0.39 is 0 Å². The predicted molar refractivity (Wildman–Crippen MR) is 324 cm³/mol. The molecule has 76 heavy (non-hydrogen) atoms. The minimum Gasteiger partial charge on any atom is -0.310 e. The van der Waals surface area contributed by atoms with Gasteiger partial charge in [0.15, 0.2) is 0 Å². The van der Waals surface area contributed by atoms with Crippen molar-refractivity contribution >= 4 is 61.2 Å². The van der Waals surface area contributed by atoms with Gasteiger partial charge in [0.25, 0.3) is 0 Å². The lowest BCUT2D eigenvalue weighted by molar-refractivity contribution is 0.906. The molecular weight excluding hydrogens is 917 g/mol. The summed E-state index contributed by atoms with van der Waals surface area (Å²) in [4.78, 5) is 4.82. The van der Waals surface area contributed by atoms with Crippen LogP contribution in [-0.2, 0) is 0 Å². The fourth-order valence-corrected chi connectivity index (χ4v) is 11.5. The maximum Gasteiger partial charge on any atom is 0.0468 e. The normalized spacial score (nSPS) is 13.2. The fraction of sp³-hybridized carbons (Fsp3) is 0.0541. The topological polar surface area (TPSA) is 6.48 Å². The van der Waals surface area contributed by atoms with E-state index in [1.807, 2.05) is 0 Å². The van der Waals surface area contributed by atoms with Crippen molar-refractivity contribution in [3.63, 3.8) is 0 Å². The number of para-hydroxylation sites is 2. The SMILES string of the molecule is C1=CCCC(C2=CC=C(c3c4cc(N(c5ccccc5)c5ccc(-c6ccccc6)cc5)ccc4c(-c4ccc(-c5ccccc5)cc4)c4cc(N(c5ccccc5)c5ccc(-c6ccccc6)cc5)ccc34)CC2)=C1. The molecule has 0 radical (unpaired) electrons. The number of hydrogen-bond acceptors (Lipinski definition) is 2. The van der Waals surface area contributed by atoms with Gasteiger partial charge in [-0.3, -0.25) is 0 Å². The summed E-state index contributed by atoms with van der Waals surface area (Å²) in [7, 11) is 0. The Labute approximate surface area is 446 Å². The first kappa shape index (κ1) is 46.3. The highest BCUT2D eigenvalue weighted by atomic mass is 15.1. The van der Waals surface area contributed by atoms with Crippen molar-refractivity contribution in [3.8, 4) is 44.5 Å². The summed E-state index contributed by atoms with van der Waals surface area (Å²) in [6.07, 6.45) is 15.8. The van der Waals surface area contributed by atoms with Gasteiger partial charge < -0.3 is 9.80 Å². The molecule has 0 aromatic heterocycles. The molecule has 11 aromatic rings. The van der Waals surface area contributed by atoms with Crippen molar-refractivity contribution in [1.29, 1.82) is 0 Å². The Balaban J connectivity index is 1.06. The molecule has 0 heterocycles. The first-order valence-electron chi connectivity index (χ1n) is 26.7. The van der Waals surface area contributed by atoms with Crippen LogP contribution in [0.3, 0.4) is 0 Å². The smallest absolute Gasteiger partial charge is 0.0468 e. The van der Waals surface area contributed by atoms with Crippen LogP contribution in [0.25, 0.3) is 71.6 Å². The van der Waals surface area contributed by atoms with E-state index in [1.54, 1.807) is 0 Å². The molecule has 2 nitrogen and oxygen atoms in total. The van der Waals surface area contributed by atoms with E-state index in [1.165, 1.54) is 88.3 Å². The van der Waals surface area contributed by atoms with Crippen LogP contribution in [0.1, 0.15) is 31.2 Å². The Hall–Kier alpha value is -9.50. The molecule has 0 N–H and O–H groups in total. The van der Waals surface area contributed by atoms with E-state index in [9.17, 15) is 0 Å². The van der Waals surface area contributed by atoms with Gasteiger partial charge in [-0.05, 0) is 187 Å². The van der Waals surface area contributed by atoms with E-state index in [2.05, 4.69) is 301 Å². The van der Waals surface area contributed by atoms with E-state index in [4.69, 9.17) is 0 Å². The molecule has 11 aromatic carbocycles. The Kier molecular flexibility index (Phi) is 12.7. The van der Waals surface area contributed by atoms with Gasteiger partial charge in [0.05, 0.1) is 0 Å². The molecule has 0 atom stereocenters. The molecule has 0 saturated carbocycles. The van der Waals surface area contributed by atoms with E-state index >= 15 is 0 Å². The van der Waals surface area contributed by atoms with Gasteiger partial charge in [0.2, 0.25) is 0 Å². The second-order valence-corrected chi connectivity index (χ2v) is 19.9. The molecule has 2 aliphatic rings. The average molecular weight is 973 g/mol. The maximum absolute atomic E-state index is 2.47. The van der Waals surface area contributed by atoms with Crippen LogP contribution in [0.15, 0.2) is 302 Å². The number of benzene rings is 11. The first-order valence-corrected chi connectivity index (χ1v) is 26.7. The fourth-order valence-electron chi connectivity index (χ4n) is 11.5. The minimum atomic E-state index is 0.946. The molecule has 0 bridgehead atoms. The zero-order valence-corrected chi connectivity index (χ0v) is 42.4.